The Hall–Kier alpha value is -2.16. The molecule has 2 N–H and O–H groups in total. The van der Waals surface area contributed by atoms with Gasteiger partial charge in [-0.2, -0.15) is 0 Å². The molecule has 23 heavy (non-hydrogen) atoms. The molecule has 1 aliphatic heterocycles. The van der Waals surface area contributed by atoms with E-state index >= 15 is 0 Å². The minimum Gasteiger partial charge on any atom is -0.481 e. The molecule has 1 saturated heterocycles. The average molecular weight is 344 g/mol. The van der Waals surface area contributed by atoms with Crippen molar-refractivity contribution in [2.45, 2.75) is 12.8 Å². The molecule has 1 heterocycles. The summed E-state index contributed by atoms with van der Waals surface area (Å²) in [7, 11) is -3.64. The van der Waals surface area contributed by atoms with E-state index < -0.39 is 33.6 Å². The van der Waals surface area contributed by atoms with Crippen LogP contribution in [0.1, 0.15) is 23.2 Å². The zero-order chi connectivity index (χ0) is 17.2. The smallest absolute Gasteiger partial charge is 0.308 e. The van der Waals surface area contributed by atoms with Gasteiger partial charge in [-0.15, -0.1) is 0 Å². The van der Waals surface area contributed by atoms with Gasteiger partial charge in [0.05, 0.1) is 23.4 Å². The van der Waals surface area contributed by atoms with Gasteiger partial charge in [0, 0.05) is 13.1 Å². The molecule has 7 nitrogen and oxygen atoms in total. The van der Waals surface area contributed by atoms with E-state index in [0.29, 0.717) is 19.4 Å². The summed E-state index contributed by atoms with van der Waals surface area (Å²) in [6.45, 7) is 0.362. The Morgan fingerprint density at radius 3 is 2.70 bits per heavy atom. The maximum absolute atomic E-state index is 13.5. The molecule has 9 heteroatoms. The lowest BCUT2D eigenvalue weighted by Crippen LogP contribution is -2.42. The van der Waals surface area contributed by atoms with Crippen molar-refractivity contribution >= 4 is 27.6 Å². The lowest BCUT2D eigenvalue weighted by molar-refractivity contribution is -0.143. The van der Waals surface area contributed by atoms with Gasteiger partial charge in [0.2, 0.25) is 10.0 Å². The third-order valence-electron chi connectivity index (χ3n) is 3.57. The zero-order valence-electron chi connectivity index (χ0n) is 12.5. The summed E-state index contributed by atoms with van der Waals surface area (Å²) in [4.78, 5) is 24.9. The minimum absolute atomic E-state index is 0.0169. The monoisotopic (exact) mass is 344 g/mol. The molecular formula is C14H17FN2O5S. The standard InChI is InChI=1S/C14H17FN2O5S/c1-23(21,22)16-12-5-4-10(15)7-11(12)13(18)17-6-2-3-9(8-17)14(19)20/h4-5,7,9,16H,2-3,6,8H2,1H3,(H,19,20)/t9-/m0/s1. The van der Waals surface area contributed by atoms with Crippen molar-refractivity contribution in [1.29, 1.82) is 0 Å². The highest BCUT2D eigenvalue weighted by atomic mass is 32.2. The van der Waals surface area contributed by atoms with Crippen LogP contribution in [0.4, 0.5) is 10.1 Å². The molecule has 1 atom stereocenters. The number of rotatable bonds is 4. The third kappa shape index (κ3) is 4.41. The van der Waals surface area contributed by atoms with Crippen LogP contribution in [0.2, 0.25) is 0 Å². The van der Waals surface area contributed by atoms with Crippen molar-refractivity contribution in [3.05, 3.63) is 29.6 Å². The number of benzene rings is 1. The molecule has 1 amide bonds. The SMILES string of the molecule is CS(=O)(=O)Nc1ccc(F)cc1C(=O)N1CCC[C@H](C(=O)O)C1. The largest absolute Gasteiger partial charge is 0.481 e. The second-order valence-electron chi connectivity index (χ2n) is 5.49. The molecule has 0 spiro atoms. The summed E-state index contributed by atoms with van der Waals surface area (Å²) >= 11 is 0. The van der Waals surface area contributed by atoms with Crippen LogP contribution >= 0.6 is 0 Å². The lowest BCUT2D eigenvalue weighted by Gasteiger charge is -2.31. The van der Waals surface area contributed by atoms with Crippen molar-refractivity contribution in [3.8, 4) is 0 Å². The fraction of sp³-hybridized carbons (Fsp3) is 0.429. The van der Waals surface area contributed by atoms with Crippen molar-refractivity contribution in [2.24, 2.45) is 5.92 Å². The molecule has 0 bridgehead atoms. The van der Waals surface area contributed by atoms with Gasteiger partial charge in [-0.05, 0) is 31.0 Å². The number of anilines is 1. The third-order valence-corrected chi connectivity index (χ3v) is 4.16. The Morgan fingerprint density at radius 1 is 1.39 bits per heavy atom. The number of hydrogen-bond donors (Lipinski definition) is 2. The highest BCUT2D eigenvalue weighted by Gasteiger charge is 2.30. The number of piperidine rings is 1. The van der Waals surface area contributed by atoms with Crippen LogP contribution in [-0.4, -0.2) is 49.6 Å². The van der Waals surface area contributed by atoms with Gasteiger partial charge < -0.3 is 10.0 Å². The molecule has 126 valence electrons. The number of likely N-dealkylation sites (tertiary alicyclic amines) is 1. The molecule has 1 fully saturated rings. The van der Waals surface area contributed by atoms with Crippen LogP contribution in [0, 0.1) is 11.7 Å². The van der Waals surface area contributed by atoms with Crippen molar-refractivity contribution < 1.29 is 27.5 Å². The number of sulfonamides is 1. The first-order chi connectivity index (χ1) is 10.7. The number of halogens is 1. The van der Waals surface area contributed by atoms with Crippen LogP contribution in [0.25, 0.3) is 0 Å². The number of aliphatic carboxylic acids is 1. The normalized spacial score (nSPS) is 18.5. The molecule has 1 aromatic carbocycles. The Labute approximate surface area is 133 Å². The van der Waals surface area contributed by atoms with Gasteiger partial charge in [-0.25, -0.2) is 12.8 Å². The van der Waals surface area contributed by atoms with Gasteiger partial charge in [-0.3, -0.25) is 14.3 Å². The van der Waals surface area contributed by atoms with Gasteiger partial charge >= 0.3 is 5.97 Å². The summed E-state index contributed by atoms with van der Waals surface area (Å²) in [5, 5.41) is 9.07. The zero-order valence-corrected chi connectivity index (χ0v) is 13.3. The Balaban J connectivity index is 2.31. The molecule has 1 aliphatic rings. The molecule has 0 aliphatic carbocycles. The maximum Gasteiger partial charge on any atom is 0.308 e. The first-order valence-corrected chi connectivity index (χ1v) is 8.86. The molecule has 0 aromatic heterocycles. The van der Waals surface area contributed by atoms with E-state index in [-0.39, 0.29) is 17.8 Å². The van der Waals surface area contributed by atoms with Crippen LogP contribution in [-0.2, 0) is 14.8 Å². The molecule has 1 aromatic rings. The van der Waals surface area contributed by atoms with E-state index in [4.69, 9.17) is 5.11 Å². The second kappa shape index (κ2) is 6.53. The average Bonchev–Trinajstić information content (AvgIpc) is 2.47. The van der Waals surface area contributed by atoms with Crippen LogP contribution in [0.3, 0.4) is 0 Å². The Morgan fingerprint density at radius 2 is 2.09 bits per heavy atom. The van der Waals surface area contributed by atoms with Crippen LogP contribution < -0.4 is 4.72 Å². The summed E-state index contributed by atoms with van der Waals surface area (Å²) in [5.41, 5.74) is -0.169. The van der Waals surface area contributed by atoms with E-state index in [1.807, 2.05) is 0 Å². The highest BCUT2D eigenvalue weighted by molar-refractivity contribution is 7.92. The first kappa shape index (κ1) is 17.2. The minimum atomic E-state index is -3.64. The summed E-state index contributed by atoms with van der Waals surface area (Å²) < 4.78 is 38.4. The fourth-order valence-corrected chi connectivity index (χ4v) is 3.09. The van der Waals surface area contributed by atoms with Gasteiger partial charge in [0.15, 0.2) is 0 Å². The predicted octanol–water partition coefficient (Wildman–Crippen LogP) is 1.13. The molecule has 0 radical (unpaired) electrons. The van der Waals surface area contributed by atoms with Crippen molar-refractivity contribution in [1.82, 2.24) is 4.90 Å². The number of carbonyl (C=O) groups excluding carboxylic acids is 1. The first-order valence-electron chi connectivity index (χ1n) is 6.97. The maximum atomic E-state index is 13.5. The summed E-state index contributed by atoms with van der Waals surface area (Å²) in [6.07, 6.45) is 1.91. The van der Waals surface area contributed by atoms with Gasteiger partial charge in [0.25, 0.3) is 5.91 Å². The molecule has 0 unspecified atom stereocenters. The van der Waals surface area contributed by atoms with E-state index in [1.54, 1.807) is 0 Å². The van der Waals surface area contributed by atoms with Crippen LogP contribution in [0.5, 0.6) is 0 Å². The molecule has 2 rings (SSSR count). The fourth-order valence-electron chi connectivity index (χ4n) is 2.52. The Kier molecular flexibility index (Phi) is 4.88. The quantitative estimate of drug-likeness (QED) is 0.852. The number of carboxylic acids is 1. The van der Waals surface area contributed by atoms with E-state index in [2.05, 4.69) is 4.72 Å². The van der Waals surface area contributed by atoms with E-state index in [0.717, 1.165) is 18.4 Å². The topological polar surface area (TPSA) is 104 Å². The number of carboxylic acid groups (broad SMARTS) is 1. The van der Waals surface area contributed by atoms with Crippen molar-refractivity contribution in [2.75, 3.05) is 24.1 Å². The highest BCUT2D eigenvalue weighted by Crippen LogP contribution is 2.24. The summed E-state index contributed by atoms with van der Waals surface area (Å²) in [6, 6.07) is 3.16. The predicted molar refractivity (Wildman–Crippen MR) is 81.1 cm³/mol. The number of hydrogen-bond acceptors (Lipinski definition) is 4. The van der Waals surface area contributed by atoms with Crippen LogP contribution in [0.15, 0.2) is 18.2 Å². The number of nitrogens with zero attached hydrogens (tertiary/aromatic N) is 1. The second-order valence-corrected chi connectivity index (χ2v) is 7.24. The van der Waals surface area contributed by atoms with E-state index in [9.17, 15) is 22.4 Å². The molecular weight excluding hydrogens is 327 g/mol. The summed E-state index contributed by atoms with van der Waals surface area (Å²) in [5.74, 6) is -2.94. The number of nitrogens with one attached hydrogen (secondary N) is 1. The lowest BCUT2D eigenvalue weighted by atomic mass is 9.97. The number of carbonyl (C=O) groups is 2. The Bertz CT molecular complexity index is 735. The van der Waals surface area contributed by atoms with Crippen molar-refractivity contribution in [3.63, 3.8) is 0 Å². The van der Waals surface area contributed by atoms with Gasteiger partial charge in [0.1, 0.15) is 5.82 Å². The van der Waals surface area contributed by atoms with E-state index in [1.165, 1.54) is 11.0 Å². The number of amides is 1. The van der Waals surface area contributed by atoms with Gasteiger partial charge in [-0.1, -0.05) is 0 Å². The molecule has 0 saturated carbocycles.